The van der Waals surface area contributed by atoms with E-state index < -0.39 is 0 Å². The van der Waals surface area contributed by atoms with Gasteiger partial charge in [-0.2, -0.15) is 5.26 Å². The van der Waals surface area contributed by atoms with Crippen LogP contribution < -0.4 is 5.73 Å². The average molecular weight is 267 g/mol. The van der Waals surface area contributed by atoms with Crippen molar-refractivity contribution in [2.75, 3.05) is 5.73 Å². The molecule has 0 aliphatic heterocycles. The van der Waals surface area contributed by atoms with Crippen molar-refractivity contribution in [1.82, 2.24) is 4.98 Å². The molecule has 3 rings (SSSR count). The van der Waals surface area contributed by atoms with Gasteiger partial charge in [0, 0.05) is 5.56 Å². The van der Waals surface area contributed by atoms with E-state index in [-0.39, 0.29) is 11.6 Å². The predicted octanol–water partition coefficient (Wildman–Crippen LogP) is 3.61. The van der Waals surface area contributed by atoms with Crippen molar-refractivity contribution in [1.29, 1.82) is 5.26 Å². The molecule has 0 amide bonds. The van der Waals surface area contributed by atoms with Crippen molar-refractivity contribution in [3.8, 4) is 17.3 Å². The number of anilines is 1. The molecule has 0 unspecified atom stereocenters. The summed E-state index contributed by atoms with van der Waals surface area (Å²) < 4.78 is 13.0. The fraction of sp³-hybridized carbons (Fsp3) is 0.250. The van der Waals surface area contributed by atoms with E-state index in [1.165, 1.54) is 18.6 Å². The van der Waals surface area contributed by atoms with Crippen molar-refractivity contribution in [2.24, 2.45) is 0 Å². The lowest BCUT2D eigenvalue weighted by molar-refractivity contribution is 0.419. The van der Waals surface area contributed by atoms with E-state index in [2.05, 4.69) is 11.1 Å². The summed E-state index contributed by atoms with van der Waals surface area (Å²) in [6.07, 6.45) is 3.35. The standard InChI is InChI=1S/C16H14FN3/c17-12-6-4-11(5-7-12)15-8-13(10-2-1-3-10)14(9-18)16(19)20-15/h4-8,10H,1-3H2,(H2,19,20). The van der Waals surface area contributed by atoms with Crippen LogP contribution in [0.5, 0.6) is 0 Å². The molecule has 1 aromatic heterocycles. The van der Waals surface area contributed by atoms with E-state index in [0.29, 0.717) is 17.2 Å². The molecule has 1 saturated carbocycles. The van der Waals surface area contributed by atoms with Crippen LogP contribution in [0.2, 0.25) is 0 Å². The van der Waals surface area contributed by atoms with Crippen LogP contribution in [-0.4, -0.2) is 4.98 Å². The number of nitrogens with two attached hydrogens (primary N) is 1. The summed E-state index contributed by atoms with van der Waals surface area (Å²) in [5.41, 5.74) is 8.88. The Morgan fingerprint density at radius 3 is 2.50 bits per heavy atom. The van der Waals surface area contributed by atoms with Gasteiger partial charge in [0.25, 0.3) is 0 Å². The molecule has 1 aliphatic carbocycles. The molecule has 3 nitrogen and oxygen atoms in total. The second kappa shape index (κ2) is 4.93. The zero-order chi connectivity index (χ0) is 14.1. The zero-order valence-electron chi connectivity index (χ0n) is 10.9. The molecule has 0 atom stereocenters. The van der Waals surface area contributed by atoms with Crippen molar-refractivity contribution in [3.63, 3.8) is 0 Å². The Morgan fingerprint density at radius 2 is 1.95 bits per heavy atom. The maximum Gasteiger partial charge on any atom is 0.142 e. The fourth-order valence-electron chi connectivity index (χ4n) is 2.52. The lowest BCUT2D eigenvalue weighted by Gasteiger charge is -2.27. The molecule has 20 heavy (non-hydrogen) atoms. The maximum absolute atomic E-state index is 13.0. The average Bonchev–Trinajstić information content (AvgIpc) is 2.37. The highest BCUT2D eigenvalue weighted by Crippen LogP contribution is 2.40. The van der Waals surface area contributed by atoms with Crippen molar-refractivity contribution in [2.45, 2.75) is 25.2 Å². The predicted molar refractivity (Wildman–Crippen MR) is 75.4 cm³/mol. The minimum absolute atomic E-state index is 0.260. The van der Waals surface area contributed by atoms with Crippen molar-refractivity contribution >= 4 is 5.82 Å². The van der Waals surface area contributed by atoms with E-state index in [0.717, 1.165) is 24.0 Å². The fourth-order valence-corrected chi connectivity index (χ4v) is 2.52. The molecular weight excluding hydrogens is 253 g/mol. The first-order chi connectivity index (χ1) is 9.69. The lowest BCUT2D eigenvalue weighted by atomic mass is 9.78. The summed E-state index contributed by atoms with van der Waals surface area (Å²) in [5, 5.41) is 9.25. The van der Waals surface area contributed by atoms with Gasteiger partial charge in [0.15, 0.2) is 0 Å². The number of rotatable bonds is 2. The van der Waals surface area contributed by atoms with Crippen molar-refractivity contribution in [3.05, 3.63) is 47.3 Å². The summed E-state index contributed by atoms with van der Waals surface area (Å²) in [5.74, 6) is 0.375. The first-order valence-corrected chi connectivity index (χ1v) is 6.65. The van der Waals surface area contributed by atoms with Gasteiger partial charge in [-0.25, -0.2) is 9.37 Å². The summed E-state index contributed by atoms with van der Waals surface area (Å²) in [6.45, 7) is 0. The molecule has 0 saturated heterocycles. The second-order valence-electron chi connectivity index (χ2n) is 5.10. The number of aromatic nitrogens is 1. The highest BCUT2D eigenvalue weighted by molar-refractivity contribution is 5.67. The molecule has 1 aliphatic rings. The van der Waals surface area contributed by atoms with Crippen LogP contribution in [0.3, 0.4) is 0 Å². The van der Waals surface area contributed by atoms with Crippen LogP contribution >= 0.6 is 0 Å². The Kier molecular flexibility index (Phi) is 3.11. The molecule has 0 radical (unpaired) electrons. The van der Waals surface area contributed by atoms with Gasteiger partial charge in [-0.15, -0.1) is 0 Å². The minimum atomic E-state index is -0.283. The van der Waals surface area contributed by atoms with Gasteiger partial charge in [0.05, 0.1) is 11.3 Å². The van der Waals surface area contributed by atoms with Gasteiger partial charge in [0.1, 0.15) is 17.7 Å². The Morgan fingerprint density at radius 1 is 1.25 bits per heavy atom. The van der Waals surface area contributed by atoms with Crippen LogP contribution in [0.15, 0.2) is 30.3 Å². The summed E-state index contributed by atoms with van der Waals surface area (Å²) in [7, 11) is 0. The van der Waals surface area contributed by atoms with Crippen LogP contribution in [-0.2, 0) is 0 Å². The third-order valence-corrected chi connectivity index (χ3v) is 3.87. The molecule has 0 spiro atoms. The summed E-state index contributed by atoms with van der Waals surface area (Å²) in [6, 6.07) is 10.2. The number of nitrogen functional groups attached to an aromatic ring is 1. The van der Waals surface area contributed by atoms with Crippen LogP contribution in [0.25, 0.3) is 11.3 Å². The Hall–Kier alpha value is -2.41. The van der Waals surface area contributed by atoms with Gasteiger partial charge in [0.2, 0.25) is 0 Å². The van der Waals surface area contributed by atoms with E-state index in [1.54, 1.807) is 12.1 Å². The topological polar surface area (TPSA) is 62.7 Å². The Balaban J connectivity index is 2.10. The van der Waals surface area contributed by atoms with Crippen LogP contribution in [0, 0.1) is 17.1 Å². The number of hydrogen-bond donors (Lipinski definition) is 1. The molecule has 1 heterocycles. The first kappa shape index (κ1) is 12.6. The lowest BCUT2D eigenvalue weighted by Crippen LogP contribution is -2.13. The molecule has 0 bridgehead atoms. The smallest absolute Gasteiger partial charge is 0.142 e. The van der Waals surface area contributed by atoms with E-state index in [1.807, 2.05) is 6.07 Å². The highest BCUT2D eigenvalue weighted by atomic mass is 19.1. The van der Waals surface area contributed by atoms with Gasteiger partial charge >= 0.3 is 0 Å². The van der Waals surface area contributed by atoms with E-state index in [4.69, 9.17) is 5.73 Å². The normalized spacial score (nSPS) is 14.6. The SMILES string of the molecule is N#Cc1c(C2CCC2)cc(-c2ccc(F)cc2)nc1N. The summed E-state index contributed by atoms with van der Waals surface area (Å²) in [4.78, 5) is 4.28. The first-order valence-electron chi connectivity index (χ1n) is 6.65. The molecule has 1 fully saturated rings. The zero-order valence-corrected chi connectivity index (χ0v) is 10.9. The monoisotopic (exact) mass is 267 g/mol. The van der Waals surface area contributed by atoms with Gasteiger partial charge in [-0.1, -0.05) is 6.42 Å². The molecule has 2 N–H and O–H groups in total. The van der Waals surface area contributed by atoms with E-state index in [9.17, 15) is 9.65 Å². The third kappa shape index (κ3) is 2.12. The Bertz CT molecular complexity index is 682. The Labute approximate surface area is 116 Å². The quantitative estimate of drug-likeness (QED) is 0.904. The highest BCUT2D eigenvalue weighted by Gasteiger charge is 2.24. The molecule has 2 aromatic rings. The second-order valence-corrected chi connectivity index (χ2v) is 5.10. The molecule has 4 heteroatoms. The largest absolute Gasteiger partial charge is 0.383 e. The number of benzene rings is 1. The van der Waals surface area contributed by atoms with Crippen LogP contribution in [0.4, 0.5) is 10.2 Å². The van der Waals surface area contributed by atoms with Crippen molar-refractivity contribution < 1.29 is 4.39 Å². The number of nitrogens with zero attached hydrogens (tertiary/aromatic N) is 2. The number of halogens is 1. The van der Waals surface area contributed by atoms with Gasteiger partial charge < -0.3 is 5.73 Å². The molecule has 1 aromatic carbocycles. The van der Waals surface area contributed by atoms with E-state index >= 15 is 0 Å². The van der Waals surface area contributed by atoms with Gasteiger partial charge in [-0.3, -0.25) is 0 Å². The molecular formula is C16H14FN3. The summed E-state index contributed by atoms with van der Waals surface area (Å²) >= 11 is 0. The third-order valence-electron chi connectivity index (χ3n) is 3.87. The number of hydrogen-bond acceptors (Lipinski definition) is 3. The van der Waals surface area contributed by atoms with Gasteiger partial charge in [-0.05, 0) is 54.7 Å². The maximum atomic E-state index is 13.0. The minimum Gasteiger partial charge on any atom is -0.383 e. The molecule has 100 valence electrons. The van der Waals surface area contributed by atoms with Crippen LogP contribution in [0.1, 0.15) is 36.3 Å². The number of pyridine rings is 1. The number of nitriles is 1.